The van der Waals surface area contributed by atoms with Crippen molar-refractivity contribution in [2.24, 2.45) is 0 Å². The number of urea groups is 1. The summed E-state index contributed by atoms with van der Waals surface area (Å²) in [5, 5.41) is 6.42. The van der Waals surface area contributed by atoms with Gasteiger partial charge in [-0.05, 0) is 25.0 Å². The second-order valence-electron chi connectivity index (χ2n) is 7.01. The molecule has 1 fully saturated rings. The largest absolute Gasteiger partial charge is 0.480 e. The van der Waals surface area contributed by atoms with E-state index in [9.17, 15) is 9.59 Å². The number of ether oxygens (including phenoxy) is 1. The zero-order chi connectivity index (χ0) is 19.5. The molecule has 148 valence electrons. The molecule has 1 aliphatic carbocycles. The number of aromatic nitrogens is 2. The van der Waals surface area contributed by atoms with Crippen molar-refractivity contribution in [2.45, 2.75) is 44.7 Å². The summed E-state index contributed by atoms with van der Waals surface area (Å²) < 4.78 is 5.21. The van der Waals surface area contributed by atoms with E-state index < -0.39 is 0 Å². The van der Waals surface area contributed by atoms with E-state index in [4.69, 9.17) is 4.74 Å². The predicted molar refractivity (Wildman–Crippen MR) is 106 cm³/mol. The van der Waals surface area contributed by atoms with E-state index in [1.807, 2.05) is 0 Å². The highest BCUT2D eigenvalue weighted by atomic mass is 32.1. The topological polar surface area (TPSA) is 96.4 Å². The Hall–Kier alpha value is -2.68. The zero-order valence-corrected chi connectivity index (χ0v) is 16.6. The van der Waals surface area contributed by atoms with Crippen LogP contribution in [0.1, 0.15) is 46.6 Å². The van der Waals surface area contributed by atoms with Gasteiger partial charge in [0.25, 0.3) is 5.91 Å². The number of methoxy groups -OCH3 is 1. The fourth-order valence-electron chi connectivity index (χ4n) is 3.70. The van der Waals surface area contributed by atoms with Crippen LogP contribution >= 0.6 is 11.3 Å². The Morgan fingerprint density at radius 3 is 2.93 bits per heavy atom. The fraction of sp³-hybridized carbons (Fsp3) is 0.474. The molecular formula is C19H23N5O3S. The molecule has 0 unspecified atom stereocenters. The number of anilines is 1. The highest BCUT2D eigenvalue weighted by Crippen LogP contribution is 2.30. The Kier molecular flexibility index (Phi) is 5.43. The molecule has 3 heterocycles. The Balaban J connectivity index is 1.41. The van der Waals surface area contributed by atoms with E-state index in [2.05, 4.69) is 20.6 Å². The van der Waals surface area contributed by atoms with Crippen molar-refractivity contribution in [2.75, 3.05) is 19.0 Å². The van der Waals surface area contributed by atoms with Crippen molar-refractivity contribution in [3.63, 3.8) is 0 Å². The summed E-state index contributed by atoms with van der Waals surface area (Å²) in [6.45, 7) is 1.04. The van der Waals surface area contributed by atoms with Gasteiger partial charge in [0.1, 0.15) is 5.56 Å². The van der Waals surface area contributed by atoms with Gasteiger partial charge >= 0.3 is 6.03 Å². The number of hydrogen-bond acceptors (Lipinski definition) is 6. The van der Waals surface area contributed by atoms with Crippen molar-refractivity contribution in [3.8, 4) is 5.88 Å². The van der Waals surface area contributed by atoms with Crippen LogP contribution in [0, 0.1) is 0 Å². The van der Waals surface area contributed by atoms with E-state index in [1.54, 1.807) is 23.2 Å². The molecule has 2 aromatic rings. The van der Waals surface area contributed by atoms with Crippen LogP contribution in [0.4, 0.5) is 9.93 Å². The number of fused-ring (bicyclic) bond motifs is 1. The first-order valence-corrected chi connectivity index (χ1v) is 10.3. The molecule has 0 spiro atoms. The Labute approximate surface area is 167 Å². The smallest absolute Gasteiger partial charge is 0.321 e. The number of thiazole rings is 1. The van der Waals surface area contributed by atoms with Gasteiger partial charge in [-0.2, -0.15) is 0 Å². The molecule has 2 N–H and O–H groups in total. The molecule has 0 radical (unpaired) electrons. The summed E-state index contributed by atoms with van der Waals surface area (Å²) in [7, 11) is 1.51. The summed E-state index contributed by atoms with van der Waals surface area (Å²) in [6, 6.07) is 3.50. The van der Waals surface area contributed by atoms with Gasteiger partial charge in [0.15, 0.2) is 5.13 Å². The Bertz CT molecular complexity index is 878. The van der Waals surface area contributed by atoms with Crippen LogP contribution in [0.25, 0.3) is 0 Å². The average Bonchev–Trinajstić information content (AvgIpc) is 3.35. The molecule has 0 aromatic carbocycles. The number of nitrogens with one attached hydrogen (secondary N) is 2. The lowest BCUT2D eigenvalue weighted by Gasteiger charge is -2.26. The second kappa shape index (κ2) is 8.14. The van der Waals surface area contributed by atoms with Crippen LogP contribution in [0.15, 0.2) is 18.3 Å². The van der Waals surface area contributed by atoms with Crippen LogP contribution < -0.4 is 15.4 Å². The first-order valence-electron chi connectivity index (χ1n) is 9.48. The molecule has 4 rings (SSSR count). The van der Waals surface area contributed by atoms with E-state index in [0.717, 1.165) is 23.4 Å². The number of pyridine rings is 1. The van der Waals surface area contributed by atoms with Gasteiger partial charge in [-0.25, -0.2) is 14.8 Å². The first-order chi connectivity index (χ1) is 13.6. The summed E-state index contributed by atoms with van der Waals surface area (Å²) in [5.74, 6) is 0.214. The Morgan fingerprint density at radius 1 is 1.32 bits per heavy atom. The summed E-state index contributed by atoms with van der Waals surface area (Å²) >= 11 is 1.42. The van der Waals surface area contributed by atoms with Gasteiger partial charge in [-0.15, -0.1) is 0 Å². The third-order valence-electron chi connectivity index (χ3n) is 5.12. The van der Waals surface area contributed by atoms with Gasteiger partial charge < -0.3 is 15.0 Å². The maximum absolute atomic E-state index is 12.9. The summed E-state index contributed by atoms with van der Waals surface area (Å²) in [4.78, 5) is 36.5. The lowest BCUT2D eigenvalue weighted by atomic mass is 10.1. The first kappa shape index (κ1) is 18.7. The number of carbonyl (C=O) groups excluding carboxylic acids is 2. The van der Waals surface area contributed by atoms with Crippen molar-refractivity contribution in [1.29, 1.82) is 0 Å². The van der Waals surface area contributed by atoms with Gasteiger partial charge in [-0.3, -0.25) is 10.1 Å². The van der Waals surface area contributed by atoms with Crippen LogP contribution in [-0.2, 0) is 13.0 Å². The van der Waals surface area contributed by atoms with Crippen molar-refractivity contribution in [3.05, 3.63) is 34.5 Å². The van der Waals surface area contributed by atoms with Gasteiger partial charge in [0, 0.05) is 30.1 Å². The summed E-state index contributed by atoms with van der Waals surface area (Å²) in [5.41, 5.74) is 1.40. The molecule has 9 heteroatoms. The van der Waals surface area contributed by atoms with Crippen LogP contribution in [0.5, 0.6) is 5.88 Å². The van der Waals surface area contributed by atoms with Crippen LogP contribution in [0.3, 0.4) is 0 Å². The van der Waals surface area contributed by atoms with Gasteiger partial charge in [-0.1, -0.05) is 24.2 Å². The molecule has 8 nitrogen and oxygen atoms in total. The minimum atomic E-state index is -0.203. The normalized spacial score (nSPS) is 16.5. The SMILES string of the molecule is COc1ncccc1C(=O)N1CCc2nc(NC(=O)NC3CCCC3)sc2C1. The van der Waals surface area contributed by atoms with E-state index in [0.29, 0.717) is 36.1 Å². The fourth-order valence-corrected chi connectivity index (χ4v) is 4.72. The van der Waals surface area contributed by atoms with E-state index in [-0.39, 0.29) is 18.0 Å². The molecule has 0 atom stereocenters. The van der Waals surface area contributed by atoms with Crippen LogP contribution in [0.2, 0.25) is 0 Å². The molecule has 28 heavy (non-hydrogen) atoms. The van der Waals surface area contributed by atoms with Crippen LogP contribution in [-0.4, -0.2) is 46.5 Å². The van der Waals surface area contributed by atoms with Crippen molar-refractivity contribution < 1.29 is 14.3 Å². The predicted octanol–water partition coefficient (Wildman–Crippen LogP) is 2.81. The third kappa shape index (κ3) is 3.94. The standard InChI is InChI=1S/C19H23N5O3S/c1-27-16-13(7-4-9-20-16)17(25)24-10-8-14-15(11-24)28-19(22-14)23-18(26)21-12-5-2-3-6-12/h4,7,9,12H,2-3,5-6,8,10-11H2,1H3,(H2,21,22,23,26). The number of nitrogens with zero attached hydrogens (tertiary/aromatic N) is 3. The lowest BCUT2D eigenvalue weighted by Crippen LogP contribution is -2.36. The van der Waals surface area contributed by atoms with Gasteiger partial charge in [0.05, 0.1) is 19.3 Å². The monoisotopic (exact) mass is 401 g/mol. The maximum atomic E-state index is 12.9. The molecule has 0 bridgehead atoms. The maximum Gasteiger partial charge on any atom is 0.321 e. The molecule has 3 amide bonds. The molecule has 1 saturated carbocycles. The summed E-state index contributed by atoms with van der Waals surface area (Å²) in [6.07, 6.45) is 6.67. The number of carbonyl (C=O) groups is 2. The molecule has 0 saturated heterocycles. The van der Waals surface area contributed by atoms with Crippen molar-refractivity contribution in [1.82, 2.24) is 20.2 Å². The number of rotatable bonds is 4. The molecule has 2 aromatic heterocycles. The third-order valence-corrected chi connectivity index (χ3v) is 6.12. The number of hydrogen-bond donors (Lipinski definition) is 2. The number of amides is 3. The zero-order valence-electron chi connectivity index (χ0n) is 15.7. The average molecular weight is 401 g/mol. The van der Waals surface area contributed by atoms with E-state index in [1.165, 1.54) is 31.3 Å². The minimum absolute atomic E-state index is 0.113. The second-order valence-corrected chi connectivity index (χ2v) is 8.09. The Morgan fingerprint density at radius 2 is 2.14 bits per heavy atom. The molecule has 2 aliphatic rings. The highest BCUT2D eigenvalue weighted by Gasteiger charge is 2.27. The highest BCUT2D eigenvalue weighted by molar-refractivity contribution is 7.15. The van der Waals surface area contributed by atoms with Gasteiger partial charge in [0.2, 0.25) is 5.88 Å². The molecular weight excluding hydrogens is 378 g/mol. The quantitative estimate of drug-likeness (QED) is 0.821. The van der Waals surface area contributed by atoms with E-state index >= 15 is 0 Å². The molecule has 1 aliphatic heterocycles. The minimum Gasteiger partial charge on any atom is -0.480 e. The van der Waals surface area contributed by atoms with Crippen molar-refractivity contribution >= 4 is 28.4 Å². The lowest BCUT2D eigenvalue weighted by molar-refractivity contribution is 0.0732.